The standard InChI is InChI=1S/C13H20ClNO2/c1-3-12(15)8-10-7-11(14)5-6-13(10)17-9-16-4-2/h5-7,12H,3-4,8-9,15H2,1-2H3. The average Bonchev–Trinajstić information content (AvgIpc) is 2.32. The van der Waals surface area contributed by atoms with E-state index in [0.717, 1.165) is 24.2 Å². The molecule has 0 saturated heterocycles. The predicted octanol–water partition coefficient (Wildman–Crippen LogP) is 2.99. The molecule has 1 rings (SSSR count). The van der Waals surface area contributed by atoms with Gasteiger partial charge in [-0.15, -0.1) is 0 Å². The van der Waals surface area contributed by atoms with Crippen LogP contribution in [-0.4, -0.2) is 19.4 Å². The SMILES string of the molecule is CCOCOc1ccc(Cl)cc1CC(N)CC. The van der Waals surface area contributed by atoms with Gasteiger partial charge in [-0.2, -0.15) is 0 Å². The first-order chi connectivity index (χ1) is 8.17. The number of benzene rings is 1. The Bertz CT molecular complexity index is 344. The summed E-state index contributed by atoms with van der Waals surface area (Å²) in [5, 5.41) is 0.701. The van der Waals surface area contributed by atoms with Crippen LogP contribution in [0.15, 0.2) is 18.2 Å². The average molecular weight is 258 g/mol. The van der Waals surface area contributed by atoms with Crippen LogP contribution in [0.3, 0.4) is 0 Å². The molecule has 0 saturated carbocycles. The molecule has 17 heavy (non-hydrogen) atoms. The van der Waals surface area contributed by atoms with Crippen molar-refractivity contribution >= 4 is 11.6 Å². The van der Waals surface area contributed by atoms with Crippen LogP contribution in [0, 0.1) is 0 Å². The topological polar surface area (TPSA) is 44.5 Å². The highest BCUT2D eigenvalue weighted by atomic mass is 35.5. The zero-order valence-corrected chi connectivity index (χ0v) is 11.2. The molecule has 1 aromatic carbocycles. The van der Waals surface area contributed by atoms with Gasteiger partial charge >= 0.3 is 0 Å². The molecule has 96 valence electrons. The second-order valence-electron chi connectivity index (χ2n) is 3.88. The van der Waals surface area contributed by atoms with Crippen molar-refractivity contribution in [3.8, 4) is 5.75 Å². The Morgan fingerprint density at radius 1 is 1.35 bits per heavy atom. The Kier molecular flexibility index (Phi) is 6.34. The third-order valence-electron chi connectivity index (χ3n) is 2.53. The van der Waals surface area contributed by atoms with Crippen molar-refractivity contribution < 1.29 is 9.47 Å². The third-order valence-corrected chi connectivity index (χ3v) is 2.77. The van der Waals surface area contributed by atoms with Crippen LogP contribution in [0.4, 0.5) is 0 Å². The van der Waals surface area contributed by atoms with Gasteiger partial charge in [0.05, 0.1) is 0 Å². The van der Waals surface area contributed by atoms with E-state index in [1.54, 1.807) is 0 Å². The first-order valence-corrected chi connectivity index (χ1v) is 6.29. The van der Waals surface area contributed by atoms with Crippen LogP contribution in [-0.2, 0) is 11.2 Å². The van der Waals surface area contributed by atoms with Crippen molar-refractivity contribution in [2.75, 3.05) is 13.4 Å². The van der Waals surface area contributed by atoms with E-state index in [0.29, 0.717) is 11.6 Å². The van der Waals surface area contributed by atoms with Crippen LogP contribution in [0.25, 0.3) is 0 Å². The van der Waals surface area contributed by atoms with Crippen LogP contribution in [0.5, 0.6) is 5.75 Å². The molecule has 2 N–H and O–H groups in total. The number of nitrogens with two attached hydrogens (primary N) is 1. The Morgan fingerprint density at radius 2 is 2.12 bits per heavy atom. The normalized spacial score (nSPS) is 12.5. The minimum Gasteiger partial charge on any atom is -0.467 e. The molecule has 1 unspecified atom stereocenters. The van der Waals surface area contributed by atoms with Gasteiger partial charge in [0.15, 0.2) is 6.79 Å². The van der Waals surface area contributed by atoms with Crippen LogP contribution in [0.2, 0.25) is 5.02 Å². The lowest BCUT2D eigenvalue weighted by atomic mass is 10.0. The fourth-order valence-electron chi connectivity index (χ4n) is 1.46. The second-order valence-corrected chi connectivity index (χ2v) is 4.32. The van der Waals surface area contributed by atoms with Gasteiger partial charge in [0, 0.05) is 17.7 Å². The molecule has 0 aliphatic heterocycles. The molecule has 0 fully saturated rings. The maximum absolute atomic E-state index is 5.98. The molecule has 1 atom stereocenters. The van der Waals surface area contributed by atoms with Gasteiger partial charge in [0.25, 0.3) is 0 Å². The zero-order chi connectivity index (χ0) is 12.7. The van der Waals surface area contributed by atoms with Crippen molar-refractivity contribution in [1.29, 1.82) is 0 Å². The number of ether oxygens (including phenoxy) is 2. The van der Waals surface area contributed by atoms with Crippen LogP contribution >= 0.6 is 11.6 Å². The molecule has 0 radical (unpaired) electrons. The molecule has 3 nitrogen and oxygen atoms in total. The van der Waals surface area contributed by atoms with Gasteiger partial charge in [-0.3, -0.25) is 0 Å². The second kappa shape index (κ2) is 7.54. The summed E-state index contributed by atoms with van der Waals surface area (Å²) in [6, 6.07) is 5.70. The van der Waals surface area contributed by atoms with Gasteiger partial charge in [0.2, 0.25) is 0 Å². The highest BCUT2D eigenvalue weighted by molar-refractivity contribution is 6.30. The van der Waals surface area contributed by atoms with Gasteiger partial charge in [0.1, 0.15) is 5.75 Å². The zero-order valence-electron chi connectivity index (χ0n) is 10.4. The number of rotatable bonds is 7. The summed E-state index contributed by atoms with van der Waals surface area (Å²) in [7, 11) is 0. The summed E-state index contributed by atoms with van der Waals surface area (Å²) in [5.74, 6) is 0.798. The maximum atomic E-state index is 5.98. The molecule has 1 aromatic rings. The summed E-state index contributed by atoms with van der Waals surface area (Å²) in [6.45, 7) is 4.89. The van der Waals surface area contributed by atoms with Crippen molar-refractivity contribution in [2.45, 2.75) is 32.7 Å². The Balaban J connectivity index is 2.72. The molecule has 0 aromatic heterocycles. The molecule has 4 heteroatoms. The smallest absolute Gasteiger partial charge is 0.189 e. The summed E-state index contributed by atoms with van der Waals surface area (Å²) >= 11 is 5.98. The van der Waals surface area contributed by atoms with Gasteiger partial charge in [-0.25, -0.2) is 0 Å². The first-order valence-electron chi connectivity index (χ1n) is 5.91. The van der Waals surface area contributed by atoms with E-state index < -0.39 is 0 Å². The van der Waals surface area contributed by atoms with Crippen molar-refractivity contribution in [2.24, 2.45) is 5.73 Å². The minimum atomic E-state index is 0.128. The fourth-order valence-corrected chi connectivity index (χ4v) is 1.66. The number of hydrogen-bond donors (Lipinski definition) is 1. The van der Waals surface area contributed by atoms with Crippen molar-refractivity contribution in [1.82, 2.24) is 0 Å². The highest BCUT2D eigenvalue weighted by Gasteiger charge is 2.08. The molecule has 0 aliphatic carbocycles. The van der Waals surface area contributed by atoms with E-state index in [2.05, 4.69) is 6.92 Å². The Labute approximate surface area is 108 Å². The summed E-state index contributed by atoms with van der Waals surface area (Å²) in [5.41, 5.74) is 6.98. The minimum absolute atomic E-state index is 0.128. The molecule has 0 bridgehead atoms. The molecular formula is C13H20ClNO2. The quantitative estimate of drug-likeness (QED) is 0.603. The summed E-state index contributed by atoms with van der Waals surface area (Å²) in [4.78, 5) is 0. The van der Waals surface area contributed by atoms with Gasteiger partial charge < -0.3 is 15.2 Å². The van der Waals surface area contributed by atoms with Crippen LogP contribution in [0.1, 0.15) is 25.8 Å². The van der Waals surface area contributed by atoms with Crippen molar-refractivity contribution in [3.05, 3.63) is 28.8 Å². The maximum Gasteiger partial charge on any atom is 0.189 e. The number of halogens is 1. The van der Waals surface area contributed by atoms with E-state index >= 15 is 0 Å². The van der Waals surface area contributed by atoms with E-state index in [9.17, 15) is 0 Å². The molecule has 0 spiro atoms. The first kappa shape index (κ1) is 14.3. The van der Waals surface area contributed by atoms with E-state index in [-0.39, 0.29) is 12.8 Å². The number of hydrogen-bond acceptors (Lipinski definition) is 3. The molecule has 0 heterocycles. The van der Waals surface area contributed by atoms with E-state index in [1.165, 1.54) is 0 Å². The van der Waals surface area contributed by atoms with E-state index in [4.69, 9.17) is 26.8 Å². The van der Waals surface area contributed by atoms with E-state index in [1.807, 2.05) is 25.1 Å². The highest BCUT2D eigenvalue weighted by Crippen LogP contribution is 2.24. The summed E-state index contributed by atoms with van der Waals surface area (Å²) < 4.78 is 10.7. The molecule has 0 amide bonds. The largest absolute Gasteiger partial charge is 0.467 e. The molecule has 0 aliphatic rings. The van der Waals surface area contributed by atoms with Gasteiger partial charge in [-0.05, 0) is 43.5 Å². The monoisotopic (exact) mass is 257 g/mol. The summed E-state index contributed by atoms with van der Waals surface area (Å²) in [6.07, 6.45) is 1.69. The van der Waals surface area contributed by atoms with Crippen LogP contribution < -0.4 is 10.5 Å². The third kappa shape index (κ3) is 4.94. The lowest BCUT2D eigenvalue weighted by Crippen LogP contribution is -2.21. The van der Waals surface area contributed by atoms with Gasteiger partial charge in [-0.1, -0.05) is 18.5 Å². The lowest BCUT2D eigenvalue weighted by molar-refractivity contribution is 0.0218. The fraction of sp³-hybridized carbons (Fsp3) is 0.538. The molecular weight excluding hydrogens is 238 g/mol. The Morgan fingerprint density at radius 3 is 2.76 bits per heavy atom. The Hall–Kier alpha value is -0.770. The van der Waals surface area contributed by atoms with Crippen molar-refractivity contribution in [3.63, 3.8) is 0 Å². The predicted molar refractivity (Wildman–Crippen MR) is 70.5 cm³/mol. The lowest BCUT2D eigenvalue weighted by Gasteiger charge is -2.14.